The highest BCUT2D eigenvalue weighted by Crippen LogP contribution is 2.34. The van der Waals surface area contributed by atoms with Gasteiger partial charge in [-0.2, -0.15) is 0 Å². The molecule has 26 heavy (non-hydrogen) atoms. The maximum Gasteiger partial charge on any atom is 0.303 e. The molecule has 1 saturated carbocycles. The molecule has 2 rings (SSSR count). The summed E-state index contributed by atoms with van der Waals surface area (Å²) in [5.41, 5.74) is 1.67. The van der Waals surface area contributed by atoms with Crippen LogP contribution in [0.3, 0.4) is 0 Å². The van der Waals surface area contributed by atoms with E-state index in [4.69, 9.17) is 5.11 Å². The van der Waals surface area contributed by atoms with Crippen LogP contribution in [0, 0.1) is 18.8 Å². The summed E-state index contributed by atoms with van der Waals surface area (Å²) in [6.45, 7) is 1.92. The first-order valence-corrected chi connectivity index (χ1v) is 9.51. The number of carbonyl (C=O) groups is 3. The van der Waals surface area contributed by atoms with Crippen LogP contribution >= 0.6 is 0 Å². The van der Waals surface area contributed by atoms with Gasteiger partial charge in [-0.1, -0.05) is 49.6 Å². The number of Topliss-reactive ketones (excluding diaryl/α,β-unsaturated/α-hetero) is 1. The second kappa shape index (κ2) is 10.0. The number of rotatable bonds is 10. The number of allylic oxidation sites excluding steroid dienone is 2. The average Bonchev–Trinajstić information content (AvgIpc) is 2.96. The number of carbonyl (C=O) groups excluding carboxylic acids is 2. The van der Waals surface area contributed by atoms with Gasteiger partial charge >= 0.3 is 5.97 Å². The number of hydrogen-bond donors (Lipinski definition) is 1. The van der Waals surface area contributed by atoms with Crippen molar-refractivity contribution in [2.75, 3.05) is 0 Å². The normalized spacial score (nSPS) is 20.0. The van der Waals surface area contributed by atoms with Crippen LogP contribution < -0.4 is 0 Å². The molecule has 140 valence electrons. The molecular formula is C22H28O4. The number of ketones is 2. The van der Waals surface area contributed by atoms with Crippen LogP contribution in [0.25, 0.3) is 0 Å². The van der Waals surface area contributed by atoms with E-state index in [1.807, 2.05) is 37.3 Å². The molecule has 0 saturated heterocycles. The Labute approximate surface area is 155 Å². The number of aliphatic carboxylic acids is 1. The summed E-state index contributed by atoms with van der Waals surface area (Å²) >= 11 is 0. The number of hydrogen-bond acceptors (Lipinski definition) is 3. The van der Waals surface area contributed by atoms with Crippen molar-refractivity contribution in [3.63, 3.8) is 0 Å². The van der Waals surface area contributed by atoms with E-state index in [0.29, 0.717) is 24.2 Å². The molecule has 0 spiro atoms. The summed E-state index contributed by atoms with van der Waals surface area (Å²) in [6.07, 6.45) is 9.50. The molecule has 2 atom stereocenters. The third kappa shape index (κ3) is 5.94. The molecule has 4 nitrogen and oxygen atoms in total. The van der Waals surface area contributed by atoms with E-state index in [2.05, 4.69) is 0 Å². The first kappa shape index (κ1) is 20.1. The van der Waals surface area contributed by atoms with Crippen molar-refractivity contribution in [2.45, 2.75) is 58.3 Å². The monoisotopic (exact) mass is 356 g/mol. The van der Waals surface area contributed by atoms with Crippen molar-refractivity contribution < 1.29 is 19.5 Å². The number of aryl methyl sites for hydroxylation is 1. The largest absolute Gasteiger partial charge is 0.481 e. The molecule has 1 aliphatic rings. The Kier molecular flexibility index (Phi) is 7.76. The molecule has 1 fully saturated rings. The van der Waals surface area contributed by atoms with Gasteiger partial charge in [-0.15, -0.1) is 0 Å². The van der Waals surface area contributed by atoms with Gasteiger partial charge in [-0.05, 0) is 43.7 Å². The highest BCUT2D eigenvalue weighted by Gasteiger charge is 2.32. The second-order valence-corrected chi connectivity index (χ2v) is 7.16. The first-order valence-electron chi connectivity index (χ1n) is 9.51. The lowest BCUT2D eigenvalue weighted by atomic mass is 9.89. The number of carboxylic acids is 1. The number of benzene rings is 1. The third-order valence-electron chi connectivity index (χ3n) is 5.22. The smallest absolute Gasteiger partial charge is 0.303 e. The van der Waals surface area contributed by atoms with Gasteiger partial charge in [0.2, 0.25) is 0 Å². The Morgan fingerprint density at radius 3 is 2.62 bits per heavy atom. The van der Waals surface area contributed by atoms with Gasteiger partial charge in [0.25, 0.3) is 0 Å². The minimum atomic E-state index is -0.750. The number of unbranched alkanes of at least 4 members (excludes halogenated alkanes) is 3. The van der Waals surface area contributed by atoms with E-state index in [9.17, 15) is 14.4 Å². The van der Waals surface area contributed by atoms with Crippen LogP contribution in [0.2, 0.25) is 0 Å². The van der Waals surface area contributed by atoms with Crippen molar-refractivity contribution in [1.82, 2.24) is 0 Å². The lowest BCUT2D eigenvalue weighted by molar-refractivity contribution is -0.137. The predicted octanol–water partition coefficient (Wildman–Crippen LogP) is 4.75. The lowest BCUT2D eigenvalue weighted by Gasteiger charge is -2.14. The van der Waals surface area contributed by atoms with E-state index in [0.717, 1.165) is 37.7 Å². The van der Waals surface area contributed by atoms with Crippen LogP contribution in [0.4, 0.5) is 0 Å². The molecule has 0 amide bonds. The standard InChI is InChI=1S/C22H28O4/c1-16-8-6-7-9-18(16)20(23)14-12-17-13-15-21(24)19(17)10-4-2-3-5-11-22(25)26/h6-9,12,14,17,19H,2-5,10-11,13,15H2,1H3,(H,25,26)/t17-,19+/m1/s1. The molecular weight excluding hydrogens is 328 g/mol. The van der Waals surface area contributed by atoms with Crippen LogP contribution in [0.5, 0.6) is 0 Å². The molecule has 4 heteroatoms. The SMILES string of the molecule is Cc1ccccc1C(=O)C=C[C@@H]1CCC(=O)[C@H]1CCCCCCC(=O)O. The molecule has 1 aromatic rings. The minimum Gasteiger partial charge on any atom is -0.481 e. The Bertz CT molecular complexity index is 674. The van der Waals surface area contributed by atoms with Crippen LogP contribution in [-0.2, 0) is 9.59 Å². The van der Waals surface area contributed by atoms with E-state index in [-0.39, 0.29) is 24.0 Å². The van der Waals surface area contributed by atoms with Crippen molar-refractivity contribution >= 4 is 17.5 Å². The number of carboxylic acid groups (broad SMARTS) is 1. The molecule has 0 unspecified atom stereocenters. The van der Waals surface area contributed by atoms with Gasteiger partial charge in [-0.3, -0.25) is 14.4 Å². The fraction of sp³-hybridized carbons (Fsp3) is 0.500. The topological polar surface area (TPSA) is 71.4 Å². The van der Waals surface area contributed by atoms with Gasteiger partial charge in [0.1, 0.15) is 5.78 Å². The zero-order valence-electron chi connectivity index (χ0n) is 15.4. The molecule has 1 aromatic carbocycles. The van der Waals surface area contributed by atoms with Gasteiger partial charge < -0.3 is 5.11 Å². The highest BCUT2D eigenvalue weighted by molar-refractivity contribution is 6.05. The predicted molar refractivity (Wildman–Crippen MR) is 101 cm³/mol. The fourth-order valence-electron chi connectivity index (χ4n) is 3.68. The summed E-state index contributed by atoms with van der Waals surface area (Å²) in [5.74, 6) is -0.298. The summed E-state index contributed by atoms with van der Waals surface area (Å²) in [7, 11) is 0. The summed E-state index contributed by atoms with van der Waals surface area (Å²) in [5, 5.41) is 8.64. The zero-order chi connectivity index (χ0) is 18.9. The van der Waals surface area contributed by atoms with Gasteiger partial charge in [0.05, 0.1) is 0 Å². The molecule has 1 aliphatic carbocycles. The second-order valence-electron chi connectivity index (χ2n) is 7.16. The quantitative estimate of drug-likeness (QED) is 0.373. The molecule has 0 bridgehead atoms. The Morgan fingerprint density at radius 1 is 1.15 bits per heavy atom. The maximum absolute atomic E-state index is 12.4. The lowest BCUT2D eigenvalue weighted by Crippen LogP contribution is -2.13. The average molecular weight is 356 g/mol. The van der Waals surface area contributed by atoms with Crippen LogP contribution in [0.1, 0.15) is 67.3 Å². The Morgan fingerprint density at radius 2 is 1.88 bits per heavy atom. The van der Waals surface area contributed by atoms with Gasteiger partial charge in [0, 0.05) is 24.3 Å². The summed E-state index contributed by atoms with van der Waals surface area (Å²) < 4.78 is 0. The Hall–Kier alpha value is -2.23. The molecule has 0 heterocycles. The van der Waals surface area contributed by atoms with E-state index in [1.165, 1.54) is 0 Å². The molecule has 0 aromatic heterocycles. The molecule has 0 radical (unpaired) electrons. The summed E-state index contributed by atoms with van der Waals surface area (Å²) in [6, 6.07) is 7.53. The van der Waals surface area contributed by atoms with Crippen LogP contribution in [-0.4, -0.2) is 22.6 Å². The summed E-state index contributed by atoms with van der Waals surface area (Å²) in [4.78, 5) is 35.0. The molecule has 0 aliphatic heterocycles. The van der Waals surface area contributed by atoms with E-state index in [1.54, 1.807) is 6.08 Å². The minimum absolute atomic E-state index is 0.00475. The van der Waals surface area contributed by atoms with Crippen molar-refractivity contribution in [3.05, 3.63) is 47.5 Å². The highest BCUT2D eigenvalue weighted by atomic mass is 16.4. The van der Waals surface area contributed by atoms with Crippen molar-refractivity contribution in [3.8, 4) is 0 Å². The third-order valence-corrected chi connectivity index (χ3v) is 5.22. The fourth-order valence-corrected chi connectivity index (χ4v) is 3.68. The first-order chi connectivity index (χ1) is 12.5. The van der Waals surface area contributed by atoms with Gasteiger partial charge in [-0.25, -0.2) is 0 Å². The maximum atomic E-state index is 12.4. The van der Waals surface area contributed by atoms with E-state index >= 15 is 0 Å². The van der Waals surface area contributed by atoms with Crippen LogP contribution in [0.15, 0.2) is 36.4 Å². The van der Waals surface area contributed by atoms with Gasteiger partial charge in [0.15, 0.2) is 5.78 Å². The van der Waals surface area contributed by atoms with Crippen molar-refractivity contribution in [1.29, 1.82) is 0 Å². The zero-order valence-corrected chi connectivity index (χ0v) is 15.4. The van der Waals surface area contributed by atoms with Crippen molar-refractivity contribution in [2.24, 2.45) is 11.8 Å². The Balaban J connectivity index is 1.84. The molecule has 1 N–H and O–H groups in total. The van der Waals surface area contributed by atoms with E-state index < -0.39 is 5.97 Å².